The van der Waals surface area contributed by atoms with Crippen LogP contribution in [0.5, 0.6) is 0 Å². The molecule has 7 heteroatoms. The Morgan fingerprint density at radius 3 is 3.05 bits per heavy atom. The Morgan fingerprint density at radius 1 is 1.30 bits per heavy atom. The lowest BCUT2D eigenvalue weighted by Gasteiger charge is -2.04. The van der Waals surface area contributed by atoms with Crippen molar-refractivity contribution in [3.05, 3.63) is 42.2 Å². The van der Waals surface area contributed by atoms with Crippen LogP contribution in [0.1, 0.15) is 16.9 Å². The lowest BCUT2D eigenvalue weighted by molar-refractivity contribution is 0.0947. The van der Waals surface area contributed by atoms with Gasteiger partial charge < -0.3 is 5.32 Å². The summed E-state index contributed by atoms with van der Waals surface area (Å²) in [5.41, 5.74) is 2.36. The number of H-pyrrole nitrogens is 1. The summed E-state index contributed by atoms with van der Waals surface area (Å²) in [5, 5.41) is 17.4. The monoisotopic (exact) mass is 270 g/mol. The van der Waals surface area contributed by atoms with Crippen molar-refractivity contribution in [1.82, 2.24) is 30.5 Å². The lowest BCUT2D eigenvalue weighted by atomic mass is 10.3. The number of amides is 1. The molecule has 0 saturated heterocycles. The third-order valence-corrected chi connectivity index (χ3v) is 3.00. The Labute approximate surface area is 115 Å². The number of nitrogens with zero attached hydrogens (tertiary/aromatic N) is 4. The highest BCUT2D eigenvalue weighted by Gasteiger charge is 2.06. The molecule has 2 heterocycles. The minimum atomic E-state index is -0.147. The van der Waals surface area contributed by atoms with Crippen molar-refractivity contribution in [1.29, 1.82) is 0 Å². The van der Waals surface area contributed by atoms with Gasteiger partial charge in [-0.3, -0.25) is 9.89 Å². The first-order valence-electron chi connectivity index (χ1n) is 6.40. The van der Waals surface area contributed by atoms with E-state index < -0.39 is 0 Å². The average molecular weight is 270 g/mol. The number of benzene rings is 1. The van der Waals surface area contributed by atoms with Crippen molar-refractivity contribution in [2.45, 2.75) is 13.0 Å². The average Bonchev–Trinajstić information content (AvgIpc) is 3.13. The van der Waals surface area contributed by atoms with E-state index in [2.05, 4.69) is 25.8 Å². The van der Waals surface area contributed by atoms with E-state index in [1.54, 1.807) is 12.3 Å². The fourth-order valence-corrected chi connectivity index (χ4v) is 1.99. The fourth-order valence-electron chi connectivity index (χ4n) is 1.99. The van der Waals surface area contributed by atoms with Gasteiger partial charge in [0.1, 0.15) is 11.2 Å². The molecule has 7 nitrogen and oxygen atoms in total. The molecule has 20 heavy (non-hydrogen) atoms. The molecule has 2 N–H and O–H groups in total. The summed E-state index contributed by atoms with van der Waals surface area (Å²) in [6, 6.07) is 9.45. The standard InChI is InChI=1S/C13H14N6O/c20-13(11-6-8-15-16-11)14-7-3-9-19-12-5-2-1-4-10(12)17-18-19/h1-2,4-6,8H,3,7,9H2,(H,14,20)(H,15,16). The second kappa shape index (κ2) is 5.52. The number of carbonyl (C=O) groups is 1. The van der Waals surface area contributed by atoms with Gasteiger partial charge in [0.05, 0.1) is 5.52 Å². The van der Waals surface area contributed by atoms with Crippen LogP contribution in [0.25, 0.3) is 11.0 Å². The Morgan fingerprint density at radius 2 is 2.20 bits per heavy atom. The van der Waals surface area contributed by atoms with Crippen LogP contribution in [0, 0.1) is 0 Å². The van der Waals surface area contributed by atoms with Crippen molar-refractivity contribution in [3.63, 3.8) is 0 Å². The summed E-state index contributed by atoms with van der Waals surface area (Å²) < 4.78 is 1.84. The van der Waals surface area contributed by atoms with E-state index in [-0.39, 0.29) is 5.91 Å². The van der Waals surface area contributed by atoms with Gasteiger partial charge in [-0.2, -0.15) is 5.10 Å². The first-order valence-corrected chi connectivity index (χ1v) is 6.40. The van der Waals surface area contributed by atoms with Crippen molar-refractivity contribution in [2.24, 2.45) is 0 Å². The van der Waals surface area contributed by atoms with E-state index in [1.165, 1.54) is 0 Å². The molecule has 0 aliphatic carbocycles. The molecule has 0 unspecified atom stereocenters. The van der Waals surface area contributed by atoms with Crippen LogP contribution >= 0.6 is 0 Å². The smallest absolute Gasteiger partial charge is 0.269 e. The molecule has 1 aromatic carbocycles. The van der Waals surface area contributed by atoms with Crippen molar-refractivity contribution >= 4 is 16.9 Å². The van der Waals surface area contributed by atoms with E-state index in [0.717, 1.165) is 17.5 Å². The summed E-state index contributed by atoms with van der Waals surface area (Å²) in [5.74, 6) is -0.147. The second-order valence-electron chi connectivity index (χ2n) is 4.38. The van der Waals surface area contributed by atoms with Gasteiger partial charge in [0, 0.05) is 19.3 Å². The van der Waals surface area contributed by atoms with Crippen molar-refractivity contribution < 1.29 is 4.79 Å². The van der Waals surface area contributed by atoms with Gasteiger partial charge in [-0.05, 0) is 24.6 Å². The molecule has 0 spiro atoms. The van der Waals surface area contributed by atoms with Crippen LogP contribution in [0.3, 0.4) is 0 Å². The van der Waals surface area contributed by atoms with Gasteiger partial charge >= 0.3 is 0 Å². The SMILES string of the molecule is O=C(NCCCn1nnc2ccccc21)c1ccn[nH]1. The number of aromatic amines is 1. The van der Waals surface area contributed by atoms with Crippen LogP contribution in [0.4, 0.5) is 0 Å². The zero-order valence-corrected chi connectivity index (χ0v) is 10.8. The Bertz CT molecular complexity index is 703. The van der Waals surface area contributed by atoms with Crippen LogP contribution in [0.15, 0.2) is 36.5 Å². The first kappa shape index (κ1) is 12.3. The Hall–Kier alpha value is -2.70. The van der Waals surface area contributed by atoms with Gasteiger partial charge in [0.15, 0.2) is 0 Å². The van der Waals surface area contributed by atoms with Crippen molar-refractivity contribution in [3.8, 4) is 0 Å². The highest BCUT2D eigenvalue weighted by atomic mass is 16.1. The summed E-state index contributed by atoms with van der Waals surface area (Å²) in [6.45, 7) is 1.29. The molecular weight excluding hydrogens is 256 g/mol. The topological polar surface area (TPSA) is 88.5 Å². The number of nitrogens with one attached hydrogen (secondary N) is 2. The molecular formula is C13H14N6O. The predicted octanol–water partition coefficient (Wildman–Crippen LogP) is 0.974. The minimum absolute atomic E-state index is 0.147. The van der Waals surface area contributed by atoms with Gasteiger partial charge in [0.25, 0.3) is 5.91 Å². The first-order chi connectivity index (χ1) is 9.84. The Balaban J connectivity index is 1.52. The lowest BCUT2D eigenvalue weighted by Crippen LogP contribution is -2.25. The molecule has 0 fully saturated rings. The zero-order chi connectivity index (χ0) is 13.8. The maximum atomic E-state index is 11.7. The van der Waals surface area contributed by atoms with E-state index >= 15 is 0 Å². The summed E-state index contributed by atoms with van der Waals surface area (Å²) in [7, 11) is 0. The largest absolute Gasteiger partial charge is 0.351 e. The van der Waals surface area contributed by atoms with E-state index in [4.69, 9.17) is 0 Å². The molecule has 0 radical (unpaired) electrons. The molecule has 2 aromatic heterocycles. The number of hydrogen-bond acceptors (Lipinski definition) is 4. The summed E-state index contributed by atoms with van der Waals surface area (Å²) >= 11 is 0. The molecule has 1 amide bonds. The van der Waals surface area contributed by atoms with E-state index in [0.29, 0.717) is 18.8 Å². The third kappa shape index (κ3) is 2.51. The number of para-hydroxylation sites is 1. The highest BCUT2D eigenvalue weighted by molar-refractivity contribution is 5.92. The molecule has 102 valence electrons. The molecule has 0 bridgehead atoms. The number of fused-ring (bicyclic) bond motifs is 1. The maximum Gasteiger partial charge on any atom is 0.269 e. The molecule has 3 aromatic rings. The summed E-state index contributed by atoms with van der Waals surface area (Å²) in [6.07, 6.45) is 2.34. The number of rotatable bonds is 5. The maximum absolute atomic E-state index is 11.7. The number of hydrogen-bond donors (Lipinski definition) is 2. The molecule has 0 aliphatic heterocycles. The quantitative estimate of drug-likeness (QED) is 0.676. The zero-order valence-electron chi connectivity index (χ0n) is 10.8. The van der Waals surface area contributed by atoms with Gasteiger partial charge in [-0.1, -0.05) is 17.3 Å². The fraction of sp³-hybridized carbons (Fsp3) is 0.231. The molecule has 0 aliphatic rings. The number of carbonyl (C=O) groups excluding carboxylic acids is 1. The number of aromatic nitrogens is 5. The van der Waals surface area contributed by atoms with Crippen LogP contribution < -0.4 is 5.32 Å². The molecule has 0 saturated carbocycles. The third-order valence-electron chi connectivity index (χ3n) is 3.00. The highest BCUT2D eigenvalue weighted by Crippen LogP contribution is 2.09. The second-order valence-corrected chi connectivity index (χ2v) is 4.38. The van der Waals surface area contributed by atoms with Gasteiger partial charge in [0.2, 0.25) is 0 Å². The minimum Gasteiger partial charge on any atom is -0.351 e. The van der Waals surface area contributed by atoms with Crippen molar-refractivity contribution in [2.75, 3.05) is 6.54 Å². The predicted molar refractivity (Wildman–Crippen MR) is 73.1 cm³/mol. The van der Waals surface area contributed by atoms with E-state index in [1.807, 2.05) is 28.9 Å². The van der Waals surface area contributed by atoms with Crippen LogP contribution in [0.2, 0.25) is 0 Å². The Kier molecular flexibility index (Phi) is 3.40. The number of aryl methyl sites for hydroxylation is 1. The molecule has 3 rings (SSSR count). The van der Waals surface area contributed by atoms with E-state index in [9.17, 15) is 4.79 Å². The summed E-state index contributed by atoms with van der Waals surface area (Å²) in [4.78, 5) is 11.7. The van der Waals surface area contributed by atoms with Crippen LogP contribution in [-0.2, 0) is 6.54 Å². The molecule has 0 atom stereocenters. The van der Waals surface area contributed by atoms with Crippen LogP contribution in [-0.4, -0.2) is 37.6 Å². The van der Waals surface area contributed by atoms with Gasteiger partial charge in [-0.15, -0.1) is 5.10 Å². The normalized spacial score (nSPS) is 10.8. The van der Waals surface area contributed by atoms with Gasteiger partial charge in [-0.25, -0.2) is 4.68 Å².